The highest BCUT2D eigenvalue weighted by molar-refractivity contribution is 14.1. The second-order valence-corrected chi connectivity index (χ2v) is 5.66. The van der Waals surface area contributed by atoms with Gasteiger partial charge in [0, 0.05) is 12.1 Å². The van der Waals surface area contributed by atoms with Gasteiger partial charge < -0.3 is 10.1 Å². The lowest BCUT2D eigenvalue weighted by atomic mass is 10.2. The van der Waals surface area contributed by atoms with Gasteiger partial charge in [0.15, 0.2) is 0 Å². The van der Waals surface area contributed by atoms with Crippen molar-refractivity contribution >= 4 is 28.5 Å². The average Bonchev–Trinajstić information content (AvgIpc) is 3.18. The lowest BCUT2D eigenvalue weighted by Gasteiger charge is -2.10. The summed E-state index contributed by atoms with van der Waals surface area (Å²) in [6.07, 6.45) is -0.200. The highest BCUT2D eigenvalue weighted by Gasteiger charge is 2.22. The zero-order valence-electron chi connectivity index (χ0n) is 10.2. The van der Waals surface area contributed by atoms with Crippen molar-refractivity contribution in [2.24, 2.45) is 5.92 Å². The first-order valence-corrected chi connectivity index (χ1v) is 7.13. The van der Waals surface area contributed by atoms with Gasteiger partial charge in [-0.3, -0.25) is 4.79 Å². The van der Waals surface area contributed by atoms with Gasteiger partial charge in [0.2, 0.25) is 0 Å². The second kappa shape index (κ2) is 6.49. The summed E-state index contributed by atoms with van der Waals surface area (Å²) in [7, 11) is 0. The third-order valence-electron chi connectivity index (χ3n) is 2.81. The molecule has 104 valence electrons. The maximum absolute atomic E-state index is 12.1. The third-order valence-corrected chi connectivity index (χ3v) is 3.70. The van der Waals surface area contributed by atoms with E-state index >= 15 is 0 Å². The largest absolute Gasteiger partial charge is 0.487 e. The van der Waals surface area contributed by atoms with Gasteiger partial charge >= 0.3 is 0 Å². The first-order chi connectivity index (χ1) is 9.06. The predicted molar refractivity (Wildman–Crippen MR) is 75.7 cm³/mol. The summed E-state index contributed by atoms with van der Waals surface area (Å²) in [5.41, 5.74) is 0.435. The van der Waals surface area contributed by atoms with Gasteiger partial charge in [-0.05, 0) is 59.5 Å². The van der Waals surface area contributed by atoms with Crippen LogP contribution in [0.2, 0.25) is 0 Å². The van der Waals surface area contributed by atoms with Crippen LogP contribution in [0.25, 0.3) is 0 Å². The summed E-state index contributed by atoms with van der Waals surface area (Å²) < 4.78 is 29.9. The summed E-state index contributed by atoms with van der Waals surface area (Å²) >= 11 is 1.99. The molecule has 3 nitrogen and oxygen atoms in total. The smallest absolute Gasteiger partial charge is 0.272 e. The maximum Gasteiger partial charge on any atom is 0.272 e. The molecule has 1 aliphatic carbocycles. The van der Waals surface area contributed by atoms with E-state index in [1.165, 1.54) is 6.07 Å². The van der Waals surface area contributed by atoms with Crippen molar-refractivity contribution in [3.05, 3.63) is 27.3 Å². The van der Waals surface area contributed by atoms with Crippen molar-refractivity contribution in [2.75, 3.05) is 13.2 Å². The lowest BCUT2D eigenvalue weighted by Crippen LogP contribution is -2.25. The van der Waals surface area contributed by atoms with Crippen LogP contribution in [0.15, 0.2) is 18.2 Å². The van der Waals surface area contributed by atoms with Crippen molar-refractivity contribution in [2.45, 2.75) is 19.3 Å². The highest BCUT2D eigenvalue weighted by Crippen LogP contribution is 2.28. The number of amides is 1. The first kappa shape index (κ1) is 14.5. The molecule has 0 saturated heterocycles. The topological polar surface area (TPSA) is 38.3 Å². The van der Waals surface area contributed by atoms with Crippen LogP contribution < -0.4 is 10.1 Å². The zero-order valence-corrected chi connectivity index (χ0v) is 12.3. The molecular formula is C13H14F2INO2. The van der Waals surface area contributed by atoms with Gasteiger partial charge in [-0.2, -0.15) is 0 Å². The lowest BCUT2D eigenvalue weighted by molar-refractivity contribution is 0.0813. The van der Waals surface area contributed by atoms with Gasteiger partial charge in [0.1, 0.15) is 12.4 Å². The first-order valence-electron chi connectivity index (χ1n) is 6.05. The molecule has 0 heterocycles. The minimum Gasteiger partial charge on any atom is -0.487 e. The van der Waals surface area contributed by atoms with Crippen LogP contribution in [-0.2, 0) is 0 Å². The molecule has 19 heavy (non-hydrogen) atoms. The number of alkyl halides is 2. The number of halogens is 3. The van der Waals surface area contributed by atoms with Gasteiger partial charge in [0.25, 0.3) is 12.3 Å². The Kier molecular flexibility index (Phi) is 4.95. The summed E-state index contributed by atoms with van der Waals surface area (Å²) in [4.78, 5) is 11.9. The number of hydrogen-bond donors (Lipinski definition) is 1. The molecule has 1 fully saturated rings. The zero-order chi connectivity index (χ0) is 13.8. The molecule has 0 radical (unpaired) electrons. The molecule has 0 unspecified atom stereocenters. The molecule has 1 saturated carbocycles. The predicted octanol–water partition coefficient (Wildman–Crippen LogP) is 3.07. The summed E-state index contributed by atoms with van der Waals surface area (Å²) in [6.45, 7) is 0.0151. The molecule has 1 amide bonds. The minimum absolute atomic E-state index is 0.190. The van der Waals surface area contributed by atoms with Gasteiger partial charge in [-0.1, -0.05) is 0 Å². The van der Waals surface area contributed by atoms with Crippen LogP contribution in [0.4, 0.5) is 8.78 Å². The number of rotatable bonds is 6. The number of benzene rings is 1. The molecule has 0 bridgehead atoms. The fourth-order valence-electron chi connectivity index (χ4n) is 1.57. The van der Waals surface area contributed by atoms with Crippen LogP contribution >= 0.6 is 22.6 Å². The Morgan fingerprint density at radius 2 is 2.21 bits per heavy atom. The van der Waals surface area contributed by atoms with E-state index in [-0.39, 0.29) is 5.91 Å². The van der Waals surface area contributed by atoms with E-state index in [1.54, 1.807) is 12.1 Å². The molecule has 1 aliphatic rings. The van der Waals surface area contributed by atoms with E-state index in [1.807, 2.05) is 22.6 Å². The second-order valence-electron chi connectivity index (χ2n) is 4.50. The van der Waals surface area contributed by atoms with E-state index in [0.717, 1.165) is 12.8 Å². The Hall–Kier alpha value is -0.920. The van der Waals surface area contributed by atoms with Crippen LogP contribution in [0.3, 0.4) is 0 Å². The van der Waals surface area contributed by atoms with Crippen LogP contribution in [-0.4, -0.2) is 25.5 Å². The number of carbonyl (C=O) groups excluding carboxylic acids is 1. The van der Waals surface area contributed by atoms with Crippen molar-refractivity contribution in [1.29, 1.82) is 0 Å². The number of nitrogens with one attached hydrogen (secondary N) is 1. The van der Waals surface area contributed by atoms with Crippen molar-refractivity contribution < 1.29 is 18.3 Å². The summed E-state index contributed by atoms with van der Waals surface area (Å²) in [5, 5.41) is 2.83. The Morgan fingerprint density at radius 1 is 1.47 bits per heavy atom. The number of carbonyl (C=O) groups is 1. The Bertz CT molecular complexity index is 464. The van der Waals surface area contributed by atoms with Crippen molar-refractivity contribution in [3.63, 3.8) is 0 Å². The SMILES string of the molecule is O=C(NCC1CC1)c1ccc(I)c(OCC(F)F)c1. The van der Waals surface area contributed by atoms with Gasteiger partial charge in [-0.25, -0.2) is 8.78 Å². The van der Waals surface area contributed by atoms with E-state index in [0.29, 0.717) is 27.3 Å². The van der Waals surface area contributed by atoms with Crippen molar-refractivity contribution in [3.8, 4) is 5.75 Å². The van der Waals surface area contributed by atoms with Gasteiger partial charge in [0.05, 0.1) is 3.57 Å². The molecule has 0 spiro atoms. The quantitative estimate of drug-likeness (QED) is 0.770. The molecule has 1 N–H and O–H groups in total. The third kappa shape index (κ3) is 4.59. The normalized spacial score (nSPS) is 14.5. The molecule has 0 aliphatic heterocycles. The fraction of sp³-hybridized carbons (Fsp3) is 0.462. The molecule has 0 aromatic heterocycles. The van der Waals surface area contributed by atoms with E-state index in [9.17, 15) is 13.6 Å². The Labute approximate surface area is 123 Å². The molecule has 1 aromatic rings. The van der Waals surface area contributed by atoms with Crippen molar-refractivity contribution in [1.82, 2.24) is 5.32 Å². The summed E-state index contributed by atoms with van der Waals surface area (Å²) in [6, 6.07) is 4.86. The maximum atomic E-state index is 12.1. The van der Waals surface area contributed by atoms with Crippen LogP contribution in [0.5, 0.6) is 5.75 Å². The molecular weight excluding hydrogens is 367 g/mol. The minimum atomic E-state index is -2.52. The number of hydrogen-bond acceptors (Lipinski definition) is 2. The summed E-state index contributed by atoms with van der Waals surface area (Å²) in [5.74, 6) is 0.729. The highest BCUT2D eigenvalue weighted by atomic mass is 127. The molecule has 2 rings (SSSR count). The monoisotopic (exact) mass is 381 g/mol. The Balaban J connectivity index is 1.99. The Morgan fingerprint density at radius 3 is 2.84 bits per heavy atom. The molecule has 0 atom stereocenters. The number of ether oxygens (including phenoxy) is 1. The fourth-order valence-corrected chi connectivity index (χ4v) is 2.06. The van der Waals surface area contributed by atoms with E-state index < -0.39 is 13.0 Å². The van der Waals surface area contributed by atoms with Crippen LogP contribution in [0, 0.1) is 9.49 Å². The average molecular weight is 381 g/mol. The molecule has 6 heteroatoms. The van der Waals surface area contributed by atoms with E-state index in [2.05, 4.69) is 5.32 Å². The van der Waals surface area contributed by atoms with E-state index in [4.69, 9.17) is 4.74 Å². The van der Waals surface area contributed by atoms with Gasteiger partial charge in [-0.15, -0.1) is 0 Å². The standard InChI is InChI=1S/C13H14F2INO2/c14-12(15)7-19-11-5-9(3-4-10(11)16)13(18)17-6-8-1-2-8/h3-5,8,12H,1-2,6-7H2,(H,17,18). The molecule has 1 aromatic carbocycles. The van der Waals surface area contributed by atoms with Crippen LogP contribution in [0.1, 0.15) is 23.2 Å².